The van der Waals surface area contributed by atoms with E-state index < -0.39 is 0 Å². The zero-order valence-electron chi connectivity index (χ0n) is 12.1. The van der Waals surface area contributed by atoms with Crippen molar-refractivity contribution in [3.63, 3.8) is 0 Å². The number of hydrogen-bond donors (Lipinski definition) is 0. The van der Waals surface area contributed by atoms with Crippen LogP contribution < -0.4 is 0 Å². The molecule has 4 heteroatoms. The molecule has 3 nitrogen and oxygen atoms in total. The first-order valence-corrected chi connectivity index (χ1v) is 8.53. The molecule has 0 N–H and O–H groups in total. The standard InChI is InChI=1S/C16H22N2OS/c1-13-5-6-14(11-17-13)15(19)18-9-10-20-16(12-18)7-3-2-4-8-16/h5-6,11H,2-4,7-10,12H2,1H3. The van der Waals surface area contributed by atoms with Crippen LogP contribution in [0.15, 0.2) is 18.3 Å². The molecule has 20 heavy (non-hydrogen) atoms. The molecule has 1 saturated heterocycles. The number of aryl methyl sites for hydroxylation is 1. The van der Waals surface area contributed by atoms with Gasteiger partial charge in [-0.2, -0.15) is 11.8 Å². The van der Waals surface area contributed by atoms with E-state index in [-0.39, 0.29) is 5.91 Å². The minimum Gasteiger partial charge on any atom is -0.336 e. The lowest BCUT2D eigenvalue weighted by atomic mass is 9.87. The van der Waals surface area contributed by atoms with Gasteiger partial charge in [0.2, 0.25) is 0 Å². The fourth-order valence-electron chi connectivity index (χ4n) is 3.29. The molecule has 1 aromatic heterocycles. The van der Waals surface area contributed by atoms with Gasteiger partial charge in [-0.05, 0) is 31.9 Å². The molecule has 0 aromatic carbocycles. The molecule has 1 saturated carbocycles. The van der Waals surface area contributed by atoms with Crippen LogP contribution in [0.1, 0.15) is 48.2 Å². The van der Waals surface area contributed by atoms with Crippen molar-refractivity contribution in [2.24, 2.45) is 0 Å². The van der Waals surface area contributed by atoms with E-state index in [1.54, 1.807) is 6.20 Å². The average Bonchev–Trinajstić information content (AvgIpc) is 2.48. The summed E-state index contributed by atoms with van der Waals surface area (Å²) in [7, 11) is 0. The second kappa shape index (κ2) is 5.76. The van der Waals surface area contributed by atoms with E-state index in [2.05, 4.69) is 16.7 Å². The third-order valence-electron chi connectivity index (χ3n) is 4.46. The molecular formula is C16H22N2OS. The average molecular weight is 290 g/mol. The lowest BCUT2D eigenvalue weighted by Gasteiger charge is -2.44. The molecule has 0 atom stereocenters. The number of carbonyl (C=O) groups is 1. The number of nitrogens with zero attached hydrogens (tertiary/aromatic N) is 2. The Morgan fingerprint density at radius 2 is 2.10 bits per heavy atom. The van der Waals surface area contributed by atoms with Crippen LogP contribution in [-0.2, 0) is 0 Å². The maximum atomic E-state index is 12.6. The van der Waals surface area contributed by atoms with Crippen LogP contribution in [-0.4, -0.2) is 39.4 Å². The largest absolute Gasteiger partial charge is 0.336 e. The Balaban J connectivity index is 1.73. The van der Waals surface area contributed by atoms with E-state index in [1.807, 2.05) is 24.0 Å². The summed E-state index contributed by atoms with van der Waals surface area (Å²) >= 11 is 2.10. The summed E-state index contributed by atoms with van der Waals surface area (Å²) in [6.45, 7) is 3.74. The number of hydrogen-bond acceptors (Lipinski definition) is 3. The van der Waals surface area contributed by atoms with Crippen LogP contribution >= 0.6 is 11.8 Å². The quantitative estimate of drug-likeness (QED) is 0.796. The van der Waals surface area contributed by atoms with Gasteiger partial charge in [0.05, 0.1) is 5.56 Å². The zero-order valence-corrected chi connectivity index (χ0v) is 12.9. The van der Waals surface area contributed by atoms with Crippen molar-refractivity contribution in [2.75, 3.05) is 18.8 Å². The van der Waals surface area contributed by atoms with Gasteiger partial charge in [0.25, 0.3) is 5.91 Å². The highest BCUT2D eigenvalue weighted by Gasteiger charge is 2.38. The third-order valence-corrected chi connectivity index (χ3v) is 6.00. The summed E-state index contributed by atoms with van der Waals surface area (Å²) in [5, 5.41) is 0. The van der Waals surface area contributed by atoms with Gasteiger partial charge >= 0.3 is 0 Å². The first kappa shape index (κ1) is 13.9. The number of carbonyl (C=O) groups excluding carboxylic acids is 1. The second-order valence-electron chi connectivity index (χ2n) is 6.01. The van der Waals surface area contributed by atoms with Gasteiger partial charge in [-0.25, -0.2) is 0 Å². The number of aromatic nitrogens is 1. The van der Waals surface area contributed by atoms with Crippen molar-refractivity contribution < 1.29 is 4.79 Å². The third kappa shape index (κ3) is 2.85. The van der Waals surface area contributed by atoms with Gasteiger partial charge < -0.3 is 4.90 Å². The predicted octanol–water partition coefficient (Wildman–Crippen LogP) is 3.28. The molecule has 1 aromatic rings. The number of thioether (sulfide) groups is 1. The van der Waals surface area contributed by atoms with Crippen molar-refractivity contribution in [1.29, 1.82) is 0 Å². The maximum absolute atomic E-state index is 12.6. The van der Waals surface area contributed by atoms with Gasteiger partial charge in [0.1, 0.15) is 0 Å². The summed E-state index contributed by atoms with van der Waals surface area (Å²) in [4.78, 5) is 18.9. The van der Waals surface area contributed by atoms with Crippen LogP contribution in [0.3, 0.4) is 0 Å². The summed E-state index contributed by atoms with van der Waals surface area (Å²) in [6, 6.07) is 3.82. The minimum atomic E-state index is 0.155. The fraction of sp³-hybridized carbons (Fsp3) is 0.625. The molecule has 1 spiro atoms. The fourth-order valence-corrected chi connectivity index (χ4v) is 4.86. The smallest absolute Gasteiger partial charge is 0.255 e. The van der Waals surface area contributed by atoms with Crippen LogP contribution in [0.4, 0.5) is 0 Å². The number of amides is 1. The molecule has 0 unspecified atom stereocenters. The predicted molar refractivity (Wildman–Crippen MR) is 83.2 cm³/mol. The Morgan fingerprint density at radius 1 is 1.30 bits per heavy atom. The molecule has 1 amide bonds. The Kier molecular flexibility index (Phi) is 4.01. The first-order chi connectivity index (χ1) is 9.69. The molecule has 1 aliphatic carbocycles. The molecule has 108 valence electrons. The van der Waals surface area contributed by atoms with Gasteiger partial charge in [-0.3, -0.25) is 9.78 Å². The van der Waals surface area contributed by atoms with Crippen LogP contribution in [0.25, 0.3) is 0 Å². The van der Waals surface area contributed by atoms with E-state index in [0.29, 0.717) is 4.75 Å². The molecule has 3 rings (SSSR count). The SMILES string of the molecule is Cc1ccc(C(=O)N2CCSC3(CCCCC3)C2)cn1. The van der Waals surface area contributed by atoms with Crippen molar-refractivity contribution >= 4 is 17.7 Å². The number of rotatable bonds is 1. The van der Waals surface area contributed by atoms with Crippen molar-refractivity contribution in [2.45, 2.75) is 43.8 Å². The Morgan fingerprint density at radius 3 is 2.80 bits per heavy atom. The van der Waals surface area contributed by atoms with Gasteiger partial charge in [-0.1, -0.05) is 19.3 Å². The second-order valence-corrected chi connectivity index (χ2v) is 7.57. The topological polar surface area (TPSA) is 33.2 Å². The molecular weight excluding hydrogens is 268 g/mol. The first-order valence-electron chi connectivity index (χ1n) is 7.54. The van der Waals surface area contributed by atoms with E-state index in [1.165, 1.54) is 32.1 Å². The van der Waals surface area contributed by atoms with Gasteiger partial charge in [0, 0.05) is 35.5 Å². The van der Waals surface area contributed by atoms with Gasteiger partial charge in [0.15, 0.2) is 0 Å². The van der Waals surface area contributed by atoms with Crippen molar-refractivity contribution in [3.05, 3.63) is 29.6 Å². The Hall–Kier alpha value is -1.03. The molecule has 1 aliphatic heterocycles. The van der Waals surface area contributed by atoms with E-state index >= 15 is 0 Å². The molecule has 0 radical (unpaired) electrons. The maximum Gasteiger partial charge on any atom is 0.255 e. The van der Waals surface area contributed by atoms with Crippen LogP contribution in [0.2, 0.25) is 0 Å². The minimum absolute atomic E-state index is 0.155. The highest BCUT2D eigenvalue weighted by molar-refractivity contribution is 8.00. The number of pyridine rings is 1. The molecule has 2 aliphatic rings. The summed E-state index contributed by atoms with van der Waals surface area (Å²) < 4.78 is 0.338. The summed E-state index contributed by atoms with van der Waals surface area (Å²) in [5.74, 6) is 1.23. The van der Waals surface area contributed by atoms with Gasteiger partial charge in [-0.15, -0.1) is 0 Å². The summed E-state index contributed by atoms with van der Waals surface area (Å²) in [6.07, 6.45) is 8.26. The monoisotopic (exact) mass is 290 g/mol. The molecule has 0 bridgehead atoms. The van der Waals surface area contributed by atoms with E-state index in [0.717, 1.165) is 30.1 Å². The highest BCUT2D eigenvalue weighted by Crippen LogP contribution is 2.42. The Labute approximate surface area is 125 Å². The van der Waals surface area contributed by atoms with E-state index in [4.69, 9.17) is 0 Å². The lowest BCUT2D eigenvalue weighted by molar-refractivity contribution is 0.0729. The van der Waals surface area contributed by atoms with E-state index in [9.17, 15) is 4.79 Å². The normalized spacial score (nSPS) is 21.9. The lowest BCUT2D eigenvalue weighted by Crippen LogP contribution is -2.49. The van der Waals surface area contributed by atoms with Crippen molar-refractivity contribution in [3.8, 4) is 0 Å². The van der Waals surface area contributed by atoms with Crippen LogP contribution in [0.5, 0.6) is 0 Å². The molecule has 2 fully saturated rings. The Bertz CT molecular complexity index is 474. The van der Waals surface area contributed by atoms with Crippen molar-refractivity contribution in [1.82, 2.24) is 9.88 Å². The molecule has 2 heterocycles. The van der Waals surface area contributed by atoms with Crippen LogP contribution in [0, 0.1) is 6.92 Å². The summed E-state index contributed by atoms with van der Waals surface area (Å²) in [5.41, 5.74) is 1.69. The zero-order chi connectivity index (χ0) is 14.0. The highest BCUT2D eigenvalue weighted by atomic mass is 32.2.